The van der Waals surface area contributed by atoms with Crippen LogP contribution in [0.2, 0.25) is 0 Å². The number of hydrogen-bond donors (Lipinski definition) is 0. The second-order valence-corrected chi connectivity index (χ2v) is 4.21. The minimum atomic E-state index is -0.414. The highest BCUT2D eigenvalue weighted by Crippen LogP contribution is 2.19. The van der Waals surface area contributed by atoms with Gasteiger partial charge in [-0.05, 0) is 36.8 Å². The van der Waals surface area contributed by atoms with Crippen LogP contribution >= 0.6 is 0 Å². The summed E-state index contributed by atoms with van der Waals surface area (Å²) in [6, 6.07) is 15.8. The molecule has 0 spiro atoms. The molecular formula is C16H13NO3. The Morgan fingerprint density at radius 3 is 2.35 bits per heavy atom. The molecule has 2 rings (SSSR count). The minimum Gasteiger partial charge on any atom is -0.454 e. The van der Waals surface area contributed by atoms with E-state index >= 15 is 0 Å². The lowest BCUT2D eigenvalue weighted by atomic mass is 10.1. The van der Waals surface area contributed by atoms with Crippen molar-refractivity contribution in [3.8, 4) is 0 Å². The van der Waals surface area contributed by atoms with E-state index in [0.717, 1.165) is 5.56 Å². The highest BCUT2D eigenvalue weighted by molar-refractivity contribution is 5.89. The molecule has 0 amide bonds. The maximum Gasteiger partial charge on any atom is 0.338 e. The van der Waals surface area contributed by atoms with Gasteiger partial charge >= 0.3 is 5.97 Å². The summed E-state index contributed by atoms with van der Waals surface area (Å²) in [5, 5.41) is 0. The van der Waals surface area contributed by atoms with Crippen LogP contribution in [0.5, 0.6) is 0 Å². The van der Waals surface area contributed by atoms with Gasteiger partial charge in [-0.3, -0.25) is 0 Å². The molecule has 100 valence electrons. The Bertz CT molecular complexity index is 629. The van der Waals surface area contributed by atoms with E-state index in [2.05, 4.69) is 4.99 Å². The largest absolute Gasteiger partial charge is 0.454 e. The molecule has 0 fully saturated rings. The Labute approximate surface area is 116 Å². The minimum absolute atomic E-state index is 0.323. The zero-order valence-electron chi connectivity index (χ0n) is 10.9. The maximum absolute atomic E-state index is 12.0. The van der Waals surface area contributed by atoms with Gasteiger partial charge < -0.3 is 4.74 Å². The third-order valence-electron chi connectivity index (χ3n) is 2.83. The third-order valence-corrected chi connectivity index (χ3v) is 2.83. The van der Waals surface area contributed by atoms with E-state index in [1.807, 2.05) is 37.3 Å². The predicted molar refractivity (Wildman–Crippen MR) is 74.5 cm³/mol. The smallest absolute Gasteiger partial charge is 0.338 e. The summed E-state index contributed by atoms with van der Waals surface area (Å²) in [6.45, 7) is 1.82. The first-order chi connectivity index (χ1) is 9.70. The molecule has 0 saturated heterocycles. The van der Waals surface area contributed by atoms with Crippen LogP contribution in [0.15, 0.2) is 59.6 Å². The van der Waals surface area contributed by atoms with E-state index in [9.17, 15) is 9.59 Å². The van der Waals surface area contributed by atoms with Crippen molar-refractivity contribution in [2.75, 3.05) is 0 Å². The molecule has 0 unspecified atom stereocenters. The second-order valence-electron chi connectivity index (χ2n) is 4.21. The third kappa shape index (κ3) is 3.40. The van der Waals surface area contributed by atoms with Gasteiger partial charge in [0.25, 0.3) is 0 Å². The highest BCUT2D eigenvalue weighted by atomic mass is 16.5. The number of rotatable bonds is 4. The number of carbonyl (C=O) groups excluding carboxylic acids is 2. The molecule has 1 atom stereocenters. The molecule has 0 aromatic heterocycles. The van der Waals surface area contributed by atoms with E-state index < -0.39 is 5.97 Å². The van der Waals surface area contributed by atoms with Gasteiger partial charge in [-0.25, -0.2) is 9.59 Å². The van der Waals surface area contributed by atoms with Crippen LogP contribution in [-0.4, -0.2) is 12.0 Å². The Balaban J connectivity index is 2.06. The van der Waals surface area contributed by atoms with E-state index in [4.69, 9.17) is 4.74 Å². The molecular weight excluding hydrogens is 254 g/mol. The van der Waals surface area contributed by atoms with Crippen molar-refractivity contribution in [2.24, 2.45) is 4.99 Å². The van der Waals surface area contributed by atoms with Gasteiger partial charge in [0.2, 0.25) is 6.08 Å². The van der Waals surface area contributed by atoms with Crippen molar-refractivity contribution in [1.82, 2.24) is 0 Å². The Hall–Kier alpha value is -2.71. The number of carbonyl (C=O) groups is 1. The fraction of sp³-hybridized carbons (Fsp3) is 0.125. The van der Waals surface area contributed by atoms with Crippen LogP contribution in [0.3, 0.4) is 0 Å². The van der Waals surface area contributed by atoms with E-state index in [1.54, 1.807) is 24.3 Å². The van der Waals surface area contributed by atoms with Gasteiger partial charge in [-0.15, -0.1) is 0 Å². The Morgan fingerprint density at radius 1 is 1.10 bits per heavy atom. The molecule has 0 saturated carbocycles. The lowest BCUT2D eigenvalue weighted by molar-refractivity contribution is 0.0338. The molecule has 0 aliphatic heterocycles. The van der Waals surface area contributed by atoms with Crippen LogP contribution in [0, 0.1) is 0 Å². The van der Waals surface area contributed by atoms with Gasteiger partial charge in [0, 0.05) is 0 Å². The summed E-state index contributed by atoms with van der Waals surface area (Å²) in [7, 11) is 0. The zero-order valence-corrected chi connectivity index (χ0v) is 10.9. The Morgan fingerprint density at radius 2 is 1.75 bits per heavy atom. The number of aliphatic imine (C=N–C) groups is 1. The summed E-state index contributed by atoms with van der Waals surface area (Å²) >= 11 is 0. The second kappa shape index (κ2) is 6.45. The van der Waals surface area contributed by atoms with Crippen molar-refractivity contribution in [3.63, 3.8) is 0 Å². The first-order valence-corrected chi connectivity index (χ1v) is 6.14. The van der Waals surface area contributed by atoms with Crippen LogP contribution in [0.25, 0.3) is 0 Å². The molecule has 0 aliphatic carbocycles. The normalized spacial score (nSPS) is 11.2. The molecule has 0 heterocycles. The maximum atomic E-state index is 12.0. The summed E-state index contributed by atoms with van der Waals surface area (Å²) in [4.78, 5) is 25.5. The van der Waals surface area contributed by atoms with Crippen molar-refractivity contribution in [3.05, 3.63) is 65.7 Å². The van der Waals surface area contributed by atoms with Gasteiger partial charge in [-0.1, -0.05) is 30.3 Å². The lowest BCUT2D eigenvalue weighted by Gasteiger charge is -2.13. The Kier molecular flexibility index (Phi) is 4.43. The quantitative estimate of drug-likeness (QED) is 0.483. The van der Waals surface area contributed by atoms with Crippen LogP contribution in [0.4, 0.5) is 5.69 Å². The van der Waals surface area contributed by atoms with Gasteiger partial charge in [-0.2, -0.15) is 4.99 Å². The predicted octanol–water partition coefficient (Wildman–Crippen LogP) is 3.57. The first kappa shape index (κ1) is 13.7. The molecule has 4 nitrogen and oxygen atoms in total. The molecule has 0 radical (unpaired) electrons. The summed E-state index contributed by atoms with van der Waals surface area (Å²) in [5.74, 6) is -0.414. The monoisotopic (exact) mass is 267 g/mol. The topological polar surface area (TPSA) is 55.7 Å². The van der Waals surface area contributed by atoms with E-state index in [-0.39, 0.29) is 6.10 Å². The number of benzene rings is 2. The average Bonchev–Trinajstić information content (AvgIpc) is 2.49. The van der Waals surface area contributed by atoms with Crippen LogP contribution < -0.4 is 0 Å². The van der Waals surface area contributed by atoms with Crippen molar-refractivity contribution >= 4 is 17.7 Å². The fourth-order valence-corrected chi connectivity index (χ4v) is 1.75. The van der Waals surface area contributed by atoms with Gasteiger partial charge in [0.15, 0.2) is 0 Å². The highest BCUT2D eigenvalue weighted by Gasteiger charge is 2.13. The van der Waals surface area contributed by atoms with E-state index in [1.165, 1.54) is 6.08 Å². The molecule has 20 heavy (non-hydrogen) atoms. The molecule has 0 aliphatic rings. The molecule has 0 bridgehead atoms. The standard InChI is InChI=1S/C16H13NO3/c1-12(13-5-3-2-4-6-13)20-16(19)14-7-9-15(10-8-14)17-11-18/h2-10,12H,1H3/t12-/m0/s1. The lowest BCUT2D eigenvalue weighted by Crippen LogP contribution is -2.08. The van der Waals surface area contributed by atoms with Crippen molar-refractivity contribution in [1.29, 1.82) is 0 Å². The number of hydrogen-bond acceptors (Lipinski definition) is 4. The SMILES string of the molecule is C[C@H](OC(=O)c1ccc(N=C=O)cc1)c1ccccc1. The van der Waals surface area contributed by atoms with Crippen LogP contribution in [0.1, 0.15) is 28.9 Å². The summed E-state index contributed by atoms with van der Waals surface area (Å²) in [6.07, 6.45) is 1.12. The van der Waals surface area contributed by atoms with Gasteiger partial charge in [0.05, 0.1) is 11.3 Å². The number of ether oxygens (including phenoxy) is 1. The van der Waals surface area contributed by atoms with E-state index in [0.29, 0.717) is 11.3 Å². The first-order valence-electron chi connectivity index (χ1n) is 6.14. The summed E-state index contributed by atoms with van der Waals surface area (Å²) < 4.78 is 5.38. The summed E-state index contributed by atoms with van der Waals surface area (Å²) in [5.41, 5.74) is 1.80. The van der Waals surface area contributed by atoms with Crippen molar-refractivity contribution in [2.45, 2.75) is 13.0 Å². The molecule has 4 heteroatoms. The van der Waals surface area contributed by atoms with Gasteiger partial charge in [0.1, 0.15) is 6.10 Å². The number of nitrogens with zero attached hydrogens (tertiary/aromatic N) is 1. The fourth-order valence-electron chi connectivity index (χ4n) is 1.75. The van der Waals surface area contributed by atoms with Crippen LogP contribution in [-0.2, 0) is 9.53 Å². The number of esters is 1. The molecule has 2 aromatic carbocycles. The molecule has 0 N–H and O–H groups in total. The van der Waals surface area contributed by atoms with Crippen molar-refractivity contribution < 1.29 is 14.3 Å². The number of isocyanates is 1. The zero-order chi connectivity index (χ0) is 14.4. The molecule has 2 aromatic rings. The average molecular weight is 267 g/mol.